The van der Waals surface area contributed by atoms with Crippen LogP contribution in [-0.4, -0.2) is 21.3 Å². The molecule has 0 saturated heterocycles. The number of aromatic nitrogens is 3. The molecule has 0 fully saturated rings. The van der Waals surface area contributed by atoms with Gasteiger partial charge in [-0.25, -0.2) is 4.68 Å². The molecule has 0 unspecified atom stereocenters. The Morgan fingerprint density at radius 2 is 2.25 bits per heavy atom. The van der Waals surface area contributed by atoms with Crippen LogP contribution in [0, 0.1) is 25.2 Å². The van der Waals surface area contributed by atoms with E-state index in [2.05, 4.69) is 10.3 Å². The lowest BCUT2D eigenvalue weighted by Gasteiger charge is -2.11. The molecular formula is C14H14N4O2. The van der Waals surface area contributed by atoms with Gasteiger partial charge in [0.05, 0.1) is 6.07 Å². The molecule has 0 saturated carbocycles. The standard InChI is InChI=1S/C14H14N4O2/c1-10-4-3-5-14(11(10)2)20-9-13-12(8-19)16-17-18(13)7-6-15/h3-5,8H,7,9H2,1-2H3. The smallest absolute Gasteiger partial charge is 0.172 e. The Morgan fingerprint density at radius 1 is 1.45 bits per heavy atom. The van der Waals surface area contributed by atoms with E-state index >= 15 is 0 Å². The number of aldehydes is 1. The van der Waals surface area contributed by atoms with Gasteiger partial charge in [-0.05, 0) is 31.0 Å². The monoisotopic (exact) mass is 270 g/mol. The number of rotatable bonds is 5. The molecule has 1 heterocycles. The summed E-state index contributed by atoms with van der Waals surface area (Å²) in [5.74, 6) is 0.742. The number of hydrogen-bond donors (Lipinski definition) is 0. The average molecular weight is 270 g/mol. The maximum Gasteiger partial charge on any atom is 0.172 e. The fourth-order valence-electron chi connectivity index (χ4n) is 1.81. The third kappa shape index (κ3) is 2.67. The van der Waals surface area contributed by atoms with Gasteiger partial charge in [-0.15, -0.1) is 5.10 Å². The molecule has 102 valence electrons. The molecule has 0 aliphatic carbocycles. The first-order valence-electron chi connectivity index (χ1n) is 6.11. The highest BCUT2D eigenvalue weighted by Gasteiger charge is 2.13. The van der Waals surface area contributed by atoms with Crippen molar-refractivity contribution in [1.82, 2.24) is 15.0 Å². The lowest BCUT2D eigenvalue weighted by molar-refractivity contribution is 0.111. The van der Waals surface area contributed by atoms with Gasteiger partial charge in [-0.2, -0.15) is 5.26 Å². The van der Waals surface area contributed by atoms with Gasteiger partial charge >= 0.3 is 0 Å². The maximum atomic E-state index is 10.9. The molecule has 20 heavy (non-hydrogen) atoms. The van der Waals surface area contributed by atoms with E-state index in [-0.39, 0.29) is 18.8 Å². The summed E-state index contributed by atoms with van der Waals surface area (Å²) in [5, 5.41) is 16.2. The van der Waals surface area contributed by atoms with Crippen LogP contribution in [-0.2, 0) is 13.2 Å². The molecule has 6 heteroatoms. The van der Waals surface area contributed by atoms with E-state index in [0.29, 0.717) is 12.0 Å². The molecule has 2 aromatic rings. The number of nitrogens with zero attached hydrogens (tertiary/aromatic N) is 4. The Hall–Kier alpha value is -2.68. The molecule has 0 spiro atoms. The molecule has 1 aromatic heterocycles. The lowest BCUT2D eigenvalue weighted by Crippen LogP contribution is -2.09. The molecule has 0 atom stereocenters. The molecule has 0 aliphatic heterocycles. The number of nitriles is 1. The zero-order valence-electron chi connectivity index (χ0n) is 11.3. The first kappa shape index (κ1) is 13.7. The Bertz CT molecular complexity index is 670. The summed E-state index contributed by atoms with van der Waals surface area (Å²) in [4.78, 5) is 10.9. The van der Waals surface area contributed by atoms with Crippen LogP contribution in [0.1, 0.15) is 27.3 Å². The van der Waals surface area contributed by atoms with Crippen LogP contribution in [0.5, 0.6) is 5.75 Å². The van der Waals surface area contributed by atoms with Gasteiger partial charge in [0.1, 0.15) is 24.6 Å². The second-order valence-corrected chi connectivity index (χ2v) is 4.34. The molecule has 0 bridgehead atoms. The van der Waals surface area contributed by atoms with Crippen molar-refractivity contribution in [2.24, 2.45) is 0 Å². The van der Waals surface area contributed by atoms with Crippen LogP contribution < -0.4 is 4.74 Å². The SMILES string of the molecule is Cc1cccc(OCc2c(C=O)nnn2CC#N)c1C. The summed E-state index contributed by atoms with van der Waals surface area (Å²) >= 11 is 0. The van der Waals surface area contributed by atoms with Gasteiger partial charge in [0.25, 0.3) is 0 Å². The summed E-state index contributed by atoms with van der Waals surface area (Å²) in [6, 6.07) is 7.74. The van der Waals surface area contributed by atoms with Crippen LogP contribution in [0.15, 0.2) is 18.2 Å². The summed E-state index contributed by atoms with van der Waals surface area (Å²) in [6.45, 7) is 4.15. The Kier molecular flexibility index (Phi) is 4.11. The third-order valence-corrected chi connectivity index (χ3v) is 3.12. The van der Waals surface area contributed by atoms with Crippen molar-refractivity contribution in [3.63, 3.8) is 0 Å². The zero-order chi connectivity index (χ0) is 14.5. The third-order valence-electron chi connectivity index (χ3n) is 3.12. The minimum absolute atomic E-state index is 0.0341. The van der Waals surface area contributed by atoms with Gasteiger partial charge in [0, 0.05) is 0 Å². The predicted octanol–water partition coefficient (Wildman–Crippen LogP) is 1.81. The average Bonchev–Trinajstić information content (AvgIpc) is 2.83. The van der Waals surface area contributed by atoms with Crippen molar-refractivity contribution < 1.29 is 9.53 Å². The van der Waals surface area contributed by atoms with Crippen LogP contribution in [0.25, 0.3) is 0 Å². The first-order chi connectivity index (χ1) is 9.67. The van der Waals surface area contributed by atoms with Gasteiger partial charge in [0.2, 0.25) is 0 Å². The van der Waals surface area contributed by atoms with Crippen molar-refractivity contribution >= 4 is 6.29 Å². The molecule has 2 rings (SSSR count). The van der Waals surface area contributed by atoms with E-state index in [9.17, 15) is 4.79 Å². The molecule has 0 N–H and O–H groups in total. The highest BCUT2D eigenvalue weighted by Crippen LogP contribution is 2.21. The van der Waals surface area contributed by atoms with Crippen LogP contribution in [0.4, 0.5) is 0 Å². The van der Waals surface area contributed by atoms with Gasteiger partial charge in [0.15, 0.2) is 12.0 Å². The Labute approximate surface area is 116 Å². The topological polar surface area (TPSA) is 80.8 Å². The molecule has 6 nitrogen and oxygen atoms in total. The Balaban J connectivity index is 2.22. The number of carbonyl (C=O) groups excluding carboxylic acids is 1. The van der Waals surface area contributed by atoms with E-state index in [1.165, 1.54) is 4.68 Å². The number of benzene rings is 1. The van der Waals surface area contributed by atoms with Crippen molar-refractivity contribution in [1.29, 1.82) is 5.26 Å². The van der Waals surface area contributed by atoms with Gasteiger partial charge < -0.3 is 4.74 Å². The first-order valence-corrected chi connectivity index (χ1v) is 6.11. The summed E-state index contributed by atoms with van der Waals surface area (Å²) in [6.07, 6.45) is 0.614. The van der Waals surface area contributed by atoms with E-state index in [1.807, 2.05) is 38.1 Å². The minimum atomic E-state index is 0.0341. The van der Waals surface area contributed by atoms with Crippen LogP contribution in [0.3, 0.4) is 0 Å². The van der Waals surface area contributed by atoms with Gasteiger partial charge in [-0.1, -0.05) is 17.3 Å². The maximum absolute atomic E-state index is 10.9. The summed E-state index contributed by atoms with van der Waals surface area (Å²) in [5.41, 5.74) is 2.87. The van der Waals surface area contributed by atoms with E-state index < -0.39 is 0 Å². The second-order valence-electron chi connectivity index (χ2n) is 4.34. The highest BCUT2D eigenvalue weighted by atomic mass is 16.5. The van der Waals surface area contributed by atoms with E-state index in [0.717, 1.165) is 16.9 Å². The molecular weight excluding hydrogens is 256 g/mol. The number of aryl methyl sites for hydroxylation is 1. The summed E-state index contributed by atoms with van der Waals surface area (Å²) < 4.78 is 7.09. The lowest BCUT2D eigenvalue weighted by atomic mass is 10.1. The minimum Gasteiger partial charge on any atom is -0.487 e. The molecule has 1 aromatic carbocycles. The van der Waals surface area contributed by atoms with E-state index in [4.69, 9.17) is 10.00 Å². The number of ether oxygens (including phenoxy) is 1. The van der Waals surface area contributed by atoms with Gasteiger partial charge in [-0.3, -0.25) is 4.79 Å². The van der Waals surface area contributed by atoms with Crippen LogP contribution >= 0.6 is 0 Å². The van der Waals surface area contributed by atoms with Crippen molar-refractivity contribution in [3.05, 3.63) is 40.7 Å². The zero-order valence-corrected chi connectivity index (χ0v) is 11.3. The second kappa shape index (κ2) is 5.97. The van der Waals surface area contributed by atoms with Crippen molar-refractivity contribution in [2.75, 3.05) is 0 Å². The normalized spacial score (nSPS) is 10.1. The predicted molar refractivity (Wildman–Crippen MR) is 71.3 cm³/mol. The van der Waals surface area contributed by atoms with Crippen molar-refractivity contribution in [3.8, 4) is 11.8 Å². The largest absolute Gasteiger partial charge is 0.487 e. The van der Waals surface area contributed by atoms with Crippen LogP contribution in [0.2, 0.25) is 0 Å². The fraction of sp³-hybridized carbons (Fsp3) is 0.286. The van der Waals surface area contributed by atoms with E-state index in [1.54, 1.807) is 0 Å². The fourth-order valence-corrected chi connectivity index (χ4v) is 1.81. The Morgan fingerprint density at radius 3 is 2.95 bits per heavy atom. The van der Waals surface area contributed by atoms with Crippen molar-refractivity contribution in [2.45, 2.75) is 27.0 Å². The quantitative estimate of drug-likeness (QED) is 0.774. The number of carbonyl (C=O) groups is 1. The molecule has 0 amide bonds. The molecule has 0 aliphatic rings. The molecule has 0 radical (unpaired) electrons. The summed E-state index contributed by atoms with van der Waals surface area (Å²) in [7, 11) is 0. The highest BCUT2D eigenvalue weighted by molar-refractivity contribution is 5.73. The number of hydrogen-bond acceptors (Lipinski definition) is 5.